The van der Waals surface area contributed by atoms with Crippen LogP contribution in [0.4, 0.5) is 0 Å². The average Bonchev–Trinajstić information content (AvgIpc) is 1.68. The highest BCUT2D eigenvalue weighted by Crippen LogP contribution is 2.55. The van der Waals surface area contributed by atoms with Crippen molar-refractivity contribution in [3.8, 4) is 72.4 Å². The van der Waals surface area contributed by atoms with Gasteiger partial charge in [0.2, 0.25) is 0 Å². The normalized spacial score (nSPS) is 15.2. The molecule has 3 aromatic heterocycles. The highest BCUT2D eigenvalue weighted by Gasteiger charge is 2.37. The third kappa shape index (κ3) is 10.4. The highest BCUT2D eigenvalue weighted by molar-refractivity contribution is 6.24. The summed E-state index contributed by atoms with van der Waals surface area (Å²) < 4.78 is 17.5. The number of rotatable bonds is 9. The molecule has 3 heteroatoms. The summed E-state index contributed by atoms with van der Waals surface area (Å²) in [6.45, 7) is 0. The number of hydrogen-bond donors (Lipinski definition) is 0. The van der Waals surface area contributed by atoms with Gasteiger partial charge in [-0.1, -0.05) is 315 Å². The first-order valence-corrected chi connectivity index (χ1v) is 42.3. The van der Waals surface area contributed by atoms with Crippen molar-refractivity contribution in [1.82, 2.24) is 4.57 Å². The van der Waals surface area contributed by atoms with Gasteiger partial charge in [-0.2, -0.15) is 0 Å². The predicted molar refractivity (Wildman–Crippen MR) is 510 cm³/mol. The summed E-state index contributed by atoms with van der Waals surface area (Å²) >= 11 is 0. The second-order valence-electron chi connectivity index (χ2n) is 33.5. The number of hydrogen-bond acceptors (Lipinski definition) is 2. The monoisotopic (exact) mass is 1540 g/mol. The van der Waals surface area contributed by atoms with Crippen LogP contribution in [-0.4, -0.2) is 4.57 Å². The molecule has 26 rings (SSSR count). The van der Waals surface area contributed by atoms with Gasteiger partial charge < -0.3 is 13.4 Å². The molecule has 3 heterocycles. The van der Waals surface area contributed by atoms with E-state index in [2.05, 4.69) is 417 Å². The molecule has 3 unspecified atom stereocenters. The summed E-state index contributed by atoms with van der Waals surface area (Å²) in [4.78, 5) is 0. The van der Waals surface area contributed by atoms with Crippen molar-refractivity contribution >= 4 is 153 Å². The Kier molecular flexibility index (Phi) is 14.9. The molecule has 0 fully saturated rings. The maximum absolute atomic E-state index is 7.51. The molecule has 121 heavy (non-hydrogen) atoms. The van der Waals surface area contributed by atoms with Gasteiger partial charge >= 0.3 is 0 Å². The van der Waals surface area contributed by atoms with E-state index in [-0.39, 0.29) is 17.8 Å². The Morgan fingerprint density at radius 1 is 0.273 bits per heavy atom. The molecule has 0 bridgehead atoms. The number of benzene rings is 20. The number of allylic oxidation sites excluding steroid dienone is 6. The molecular formula is C118H73NO2. The molecule has 20 aromatic carbocycles. The van der Waals surface area contributed by atoms with Crippen LogP contribution in [0.5, 0.6) is 0 Å². The molecule has 0 saturated carbocycles. The van der Waals surface area contributed by atoms with E-state index in [0.29, 0.717) is 0 Å². The standard InChI is InChI=1S/C118H73NO2/c1-2-24-70(25-3-1)115-95-42-20-22-44-97(95)116(98-45-23-21-43-96(98)115)71-46-52-82(53-47-71)119-111-54-48-78(103-66-80(101-60-74-28-6-10-32-85(74)89-36-14-18-40-93(89)101)68-109-107-64-76(50-56-113(107)120-117(103)109)99-58-72-26-4-8-30-83(72)87-34-12-16-38-91(87)99)62-105(111)106-63-79(49-55-112(106)119)104-67-81(102-61-75-29-7-11-33-86(75)90-37-15-19-41-94(90)102)69-110-108-65-77(51-57-114(108)121-118(104)110)100-59-73-27-5-9-31-84(73)88-35-13-17-39-92(88)100/h1-66,68-69,90,94,104H,67H2. The minimum absolute atomic E-state index is 0.156. The van der Waals surface area contributed by atoms with Crippen molar-refractivity contribution in [1.29, 1.82) is 0 Å². The summed E-state index contributed by atoms with van der Waals surface area (Å²) in [5, 5.41) is 25.2. The van der Waals surface area contributed by atoms with Gasteiger partial charge in [0.1, 0.15) is 22.5 Å². The Hall–Kier alpha value is -15.4. The molecule has 0 saturated heterocycles. The molecule has 3 aliphatic carbocycles. The number of aromatic nitrogens is 1. The molecule has 3 atom stereocenters. The van der Waals surface area contributed by atoms with Crippen LogP contribution in [-0.2, 0) is 0 Å². The van der Waals surface area contributed by atoms with Crippen LogP contribution in [0.2, 0.25) is 0 Å². The van der Waals surface area contributed by atoms with Gasteiger partial charge in [-0.25, -0.2) is 0 Å². The van der Waals surface area contributed by atoms with E-state index >= 15 is 0 Å². The van der Waals surface area contributed by atoms with Gasteiger partial charge in [0.05, 0.1) is 11.0 Å². The zero-order valence-electron chi connectivity index (χ0n) is 66.0. The highest BCUT2D eigenvalue weighted by atomic mass is 16.3. The first-order chi connectivity index (χ1) is 60.0. The molecule has 0 N–H and O–H groups in total. The molecule has 0 aliphatic heterocycles. The second-order valence-corrected chi connectivity index (χ2v) is 33.5. The fourth-order valence-corrected chi connectivity index (χ4v) is 21.6. The van der Waals surface area contributed by atoms with Crippen molar-refractivity contribution in [2.75, 3.05) is 0 Å². The minimum atomic E-state index is -0.156. The van der Waals surface area contributed by atoms with Crippen LogP contribution in [0.1, 0.15) is 46.3 Å². The Bertz CT molecular complexity index is 8510. The molecule has 562 valence electrons. The van der Waals surface area contributed by atoms with Crippen LogP contribution in [0.3, 0.4) is 0 Å². The van der Waals surface area contributed by atoms with E-state index in [9.17, 15) is 0 Å². The lowest BCUT2D eigenvalue weighted by Gasteiger charge is -2.35. The lowest BCUT2D eigenvalue weighted by atomic mass is 9.68. The van der Waals surface area contributed by atoms with E-state index in [4.69, 9.17) is 8.83 Å². The second kappa shape index (κ2) is 26.5. The number of furan rings is 2. The quantitative estimate of drug-likeness (QED) is 0.107. The van der Waals surface area contributed by atoms with Crippen LogP contribution >= 0.6 is 0 Å². The van der Waals surface area contributed by atoms with Crippen LogP contribution < -0.4 is 0 Å². The molecule has 23 aromatic rings. The fourth-order valence-electron chi connectivity index (χ4n) is 21.6. The summed E-state index contributed by atoms with van der Waals surface area (Å²) in [5.74, 6) is 1.20. The molecule has 0 radical (unpaired) electrons. The SMILES string of the molecule is C1=CC2C(C3=Cc4c(oc5ccc(-c6cc7ccccc7c7ccccc67)cc45)C(c4ccc5c(c4)c4cc(-c6cc(-c7cc8ccccc8c8ccccc78)cc7c6oc6ccc(-c8cc9ccccc9c9ccccc89)cc67)ccc4n5-c4ccc(-c5c6ccccc6c(-c6ccccc6)c6ccccc56)cc4)C3)=Cc3ccccc3C2C=C1. The molecule has 0 amide bonds. The van der Waals surface area contributed by atoms with E-state index in [0.717, 1.165) is 112 Å². The Labute approximate surface area is 697 Å². The summed E-state index contributed by atoms with van der Waals surface area (Å²) in [6, 6.07) is 141. The lowest BCUT2D eigenvalue weighted by molar-refractivity contribution is 0.511. The van der Waals surface area contributed by atoms with Crippen molar-refractivity contribution in [3.63, 3.8) is 0 Å². The summed E-state index contributed by atoms with van der Waals surface area (Å²) in [5.41, 5.74) is 27.5. The fraction of sp³-hybridized carbons (Fsp3) is 0.0339. The Balaban J connectivity index is 0.704. The van der Waals surface area contributed by atoms with E-state index in [1.807, 2.05) is 0 Å². The van der Waals surface area contributed by atoms with Gasteiger partial charge in [0.15, 0.2) is 0 Å². The predicted octanol–water partition coefficient (Wildman–Crippen LogP) is 32.5. The van der Waals surface area contributed by atoms with Crippen molar-refractivity contribution < 1.29 is 8.83 Å². The molecule has 3 aliphatic rings. The van der Waals surface area contributed by atoms with Crippen LogP contribution in [0.15, 0.2) is 420 Å². The lowest BCUT2D eigenvalue weighted by Crippen LogP contribution is -2.21. The summed E-state index contributed by atoms with van der Waals surface area (Å²) in [6.07, 6.45) is 15.1. The van der Waals surface area contributed by atoms with E-state index in [1.54, 1.807) is 0 Å². The summed E-state index contributed by atoms with van der Waals surface area (Å²) in [7, 11) is 0. The third-order valence-electron chi connectivity index (χ3n) is 27.1. The number of nitrogens with zero attached hydrogens (tertiary/aromatic N) is 1. The first kappa shape index (κ1) is 67.7. The zero-order chi connectivity index (χ0) is 79.1. The smallest absolute Gasteiger partial charge is 0.143 e. The van der Waals surface area contributed by atoms with Gasteiger partial charge in [-0.05, 0) is 279 Å². The molecule has 0 spiro atoms. The van der Waals surface area contributed by atoms with Crippen LogP contribution in [0.25, 0.3) is 225 Å². The Morgan fingerprint density at radius 2 is 0.711 bits per heavy atom. The Morgan fingerprint density at radius 3 is 1.31 bits per heavy atom. The maximum Gasteiger partial charge on any atom is 0.143 e. The van der Waals surface area contributed by atoms with Gasteiger partial charge in [0, 0.05) is 61.5 Å². The van der Waals surface area contributed by atoms with E-state index < -0.39 is 0 Å². The van der Waals surface area contributed by atoms with E-state index in [1.165, 1.54) is 147 Å². The molecule has 3 nitrogen and oxygen atoms in total. The maximum atomic E-state index is 7.51. The van der Waals surface area contributed by atoms with Crippen molar-refractivity contribution in [2.45, 2.75) is 18.3 Å². The van der Waals surface area contributed by atoms with Crippen LogP contribution in [0, 0.1) is 5.92 Å². The van der Waals surface area contributed by atoms with Crippen molar-refractivity contribution in [3.05, 3.63) is 440 Å². The number of fused-ring (bicyclic) bond motifs is 23. The third-order valence-corrected chi connectivity index (χ3v) is 27.1. The van der Waals surface area contributed by atoms with Gasteiger partial charge in [0.25, 0.3) is 0 Å². The van der Waals surface area contributed by atoms with Gasteiger partial charge in [-0.15, -0.1) is 0 Å². The minimum Gasteiger partial charge on any atom is -0.460 e. The first-order valence-electron chi connectivity index (χ1n) is 42.3. The largest absolute Gasteiger partial charge is 0.460 e. The average molecular weight is 1540 g/mol. The zero-order valence-corrected chi connectivity index (χ0v) is 66.0. The van der Waals surface area contributed by atoms with Gasteiger partial charge in [-0.3, -0.25) is 0 Å². The topological polar surface area (TPSA) is 31.2 Å². The molecular weight excluding hydrogens is 1460 g/mol. The van der Waals surface area contributed by atoms with Crippen molar-refractivity contribution in [2.24, 2.45) is 5.92 Å².